The summed E-state index contributed by atoms with van der Waals surface area (Å²) in [5, 5.41) is 3.69. The lowest BCUT2D eigenvalue weighted by Crippen LogP contribution is -2.43. The normalized spacial score (nSPS) is 12.2. The first-order valence-corrected chi connectivity index (χ1v) is 8.65. The molecule has 0 aliphatic heterocycles. The SMILES string of the molecule is C[C@H](OC(=O)C(C)(C)Oc1ccc(Cl)cc1)C(=O)Nc1cccc(Cl)c1. The largest absolute Gasteiger partial charge is 0.476 e. The average Bonchev–Trinajstić information content (AvgIpc) is 2.56. The van der Waals surface area contributed by atoms with Crippen LogP contribution in [0.1, 0.15) is 20.8 Å². The molecule has 0 spiro atoms. The van der Waals surface area contributed by atoms with E-state index in [1.165, 1.54) is 6.92 Å². The van der Waals surface area contributed by atoms with Crippen LogP contribution in [0, 0.1) is 0 Å². The van der Waals surface area contributed by atoms with Crippen LogP contribution in [0.25, 0.3) is 0 Å². The Bertz CT molecular complexity index is 790. The highest BCUT2D eigenvalue weighted by Crippen LogP contribution is 2.22. The first kappa shape index (κ1) is 20.1. The summed E-state index contributed by atoms with van der Waals surface area (Å²) in [5.41, 5.74) is -0.764. The molecule has 2 aromatic rings. The van der Waals surface area contributed by atoms with E-state index < -0.39 is 23.6 Å². The van der Waals surface area contributed by atoms with Gasteiger partial charge >= 0.3 is 5.97 Å². The second-order valence-electron chi connectivity index (χ2n) is 6.11. The van der Waals surface area contributed by atoms with E-state index in [-0.39, 0.29) is 0 Å². The molecule has 0 aliphatic carbocycles. The predicted octanol–water partition coefficient (Wildman–Crippen LogP) is 4.72. The average molecular weight is 396 g/mol. The fourth-order valence-corrected chi connectivity index (χ4v) is 2.32. The second-order valence-corrected chi connectivity index (χ2v) is 6.99. The smallest absolute Gasteiger partial charge is 0.350 e. The van der Waals surface area contributed by atoms with Crippen LogP contribution in [-0.2, 0) is 14.3 Å². The van der Waals surface area contributed by atoms with Gasteiger partial charge in [-0.2, -0.15) is 0 Å². The molecule has 7 heteroatoms. The molecule has 138 valence electrons. The van der Waals surface area contributed by atoms with Crippen LogP contribution in [0.15, 0.2) is 48.5 Å². The minimum absolute atomic E-state index is 0.465. The van der Waals surface area contributed by atoms with Crippen molar-refractivity contribution in [1.29, 1.82) is 0 Å². The van der Waals surface area contributed by atoms with Crippen LogP contribution < -0.4 is 10.1 Å². The highest BCUT2D eigenvalue weighted by Gasteiger charge is 2.34. The Balaban J connectivity index is 1.95. The lowest BCUT2D eigenvalue weighted by atomic mass is 10.1. The van der Waals surface area contributed by atoms with Crippen molar-refractivity contribution in [3.63, 3.8) is 0 Å². The van der Waals surface area contributed by atoms with Crippen LogP contribution in [0.3, 0.4) is 0 Å². The van der Waals surface area contributed by atoms with Gasteiger partial charge in [-0.3, -0.25) is 4.79 Å². The minimum atomic E-state index is -1.28. The number of ether oxygens (including phenoxy) is 2. The van der Waals surface area contributed by atoms with Crippen LogP contribution in [0.2, 0.25) is 10.0 Å². The Hall–Kier alpha value is -2.24. The van der Waals surface area contributed by atoms with Crippen LogP contribution >= 0.6 is 23.2 Å². The number of halogens is 2. The Morgan fingerprint density at radius 2 is 1.69 bits per heavy atom. The number of nitrogens with one attached hydrogen (secondary N) is 1. The highest BCUT2D eigenvalue weighted by molar-refractivity contribution is 6.31. The first-order chi connectivity index (χ1) is 12.2. The zero-order valence-electron chi connectivity index (χ0n) is 14.6. The van der Waals surface area contributed by atoms with Gasteiger partial charge in [0.25, 0.3) is 5.91 Å². The quantitative estimate of drug-likeness (QED) is 0.718. The molecule has 26 heavy (non-hydrogen) atoms. The van der Waals surface area contributed by atoms with E-state index in [2.05, 4.69) is 5.32 Å². The van der Waals surface area contributed by atoms with E-state index in [1.54, 1.807) is 62.4 Å². The topological polar surface area (TPSA) is 64.6 Å². The van der Waals surface area contributed by atoms with E-state index >= 15 is 0 Å². The van der Waals surface area contributed by atoms with Gasteiger partial charge in [0, 0.05) is 15.7 Å². The van der Waals surface area contributed by atoms with Crippen LogP contribution in [0.5, 0.6) is 5.75 Å². The molecule has 0 saturated heterocycles. The van der Waals surface area contributed by atoms with Gasteiger partial charge in [-0.25, -0.2) is 4.79 Å². The van der Waals surface area contributed by atoms with Gasteiger partial charge in [0.1, 0.15) is 5.75 Å². The lowest BCUT2D eigenvalue weighted by Gasteiger charge is -2.26. The molecule has 5 nitrogen and oxygen atoms in total. The van der Waals surface area contributed by atoms with Gasteiger partial charge in [-0.1, -0.05) is 29.3 Å². The maximum absolute atomic E-state index is 12.4. The molecule has 0 aliphatic rings. The maximum atomic E-state index is 12.4. The summed E-state index contributed by atoms with van der Waals surface area (Å²) in [6, 6.07) is 13.3. The summed E-state index contributed by atoms with van der Waals surface area (Å²) in [6.45, 7) is 4.60. The molecule has 0 fully saturated rings. The van der Waals surface area contributed by atoms with Gasteiger partial charge in [0.05, 0.1) is 0 Å². The van der Waals surface area contributed by atoms with Crippen molar-refractivity contribution in [2.24, 2.45) is 0 Å². The molecule has 0 unspecified atom stereocenters. The van der Waals surface area contributed by atoms with Gasteiger partial charge < -0.3 is 14.8 Å². The highest BCUT2D eigenvalue weighted by atomic mass is 35.5. The number of carbonyl (C=O) groups excluding carboxylic acids is 2. The molecule has 1 amide bonds. The zero-order valence-corrected chi connectivity index (χ0v) is 16.1. The van der Waals surface area contributed by atoms with E-state index in [4.69, 9.17) is 32.7 Å². The summed E-state index contributed by atoms with van der Waals surface area (Å²) >= 11 is 11.7. The van der Waals surface area contributed by atoms with E-state index in [0.717, 1.165) is 0 Å². The van der Waals surface area contributed by atoms with E-state index in [9.17, 15) is 9.59 Å². The van der Waals surface area contributed by atoms with Gasteiger partial charge in [0.2, 0.25) is 0 Å². The van der Waals surface area contributed by atoms with Crippen molar-refractivity contribution in [3.8, 4) is 5.75 Å². The van der Waals surface area contributed by atoms with Crippen molar-refractivity contribution in [1.82, 2.24) is 0 Å². The van der Waals surface area contributed by atoms with E-state index in [1.807, 2.05) is 0 Å². The van der Waals surface area contributed by atoms with Crippen LogP contribution in [-0.4, -0.2) is 23.6 Å². The number of carbonyl (C=O) groups is 2. The monoisotopic (exact) mass is 395 g/mol. The minimum Gasteiger partial charge on any atom is -0.476 e. The standard InChI is InChI=1S/C19H19Cl2NO4/c1-12(17(23)22-15-6-4-5-14(21)11-15)25-18(24)19(2,3)26-16-9-7-13(20)8-10-16/h4-12H,1-3H3,(H,22,23)/t12-/m0/s1. The molecule has 1 atom stereocenters. The number of hydrogen-bond acceptors (Lipinski definition) is 4. The third-order valence-corrected chi connectivity index (χ3v) is 3.91. The van der Waals surface area contributed by atoms with Crippen molar-refractivity contribution in [3.05, 3.63) is 58.6 Å². The van der Waals surface area contributed by atoms with Gasteiger partial charge in [0.15, 0.2) is 11.7 Å². The molecular formula is C19H19Cl2NO4. The van der Waals surface area contributed by atoms with Gasteiger partial charge in [-0.05, 0) is 63.2 Å². The molecule has 2 rings (SSSR count). The lowest BCUT2D eigenvalue weighted by molar-refractivity contribution is -0.166. The third kappa shape index (κ3) is 5.64. The van der Waals surface area contributed by atoms with Gasteiger partial charge in [-0.15, -0.1) is 0 Å². The molecule has 2 aromatic carbocycles. The Kier molecular flexibility index (Phi) is 6.51. The number of anilines is 1. The molecule has 0 saturated carbocycles. The zero-order chi connectivity index (χ0) is 19.3. The van der Waals surface area contributed by atoms with Crippen LogP contribution in [0.4, 0.5) is 5.69 Å². The number of hydrogen-bond donors (Lipinski definition) is 1. The summed E-state index contributed by atoms with van der Waals surface area (Å²) in [6.07, 6.45) is -1.01. The summed E-state index contributed by atoms with van der Waals surface area (Å²) < 4.78 is 10.9. The third-order valence-electron chi connectivity index (χ3n) is 3.42. The summed E-state index contributed by atoms with van der Waals surface area (Å²) in [7, 11) is 0. The fourth-order valence-electron chi connectivity index (χ4n) is 2.01. The summed E-state index contributed by atoms with van der Waals surface area (Å²) in [4.78, 5) is 24.6. The molecule has 0 aromatic heterocycles. The second kappa shape index (κ2) is 8.43. The number of benzene rings is 2. The molecule has 0 heterocycles. The molecule has 0 bridgehead atoms. The first-order valence-electron chi connectivity index (χ1n) is 7.89. The fraction of sp³-hybridized carbons (Fsp3) is 0.263. The Morgan fingerprint density at radius 3 is 2.31 bits per heavy atom. The Labute approximate surface area is 162 Å². The predicted molar refractivity (Wildman–Crippen MR) is 102 cm³/mol. The number of esters is 1. The molecule has 0 radical (unpaired) electrons. The number of rotatable bonds is 6. The maximum Gasteiger partial charge on any atom is 0.350 e. The number of amides is 1. The van der Waals surface area contributed by atoms with Crippen molar-refractivity contribution in [2.75, 3.05) is 5.32 Å². The molecule has 1 N–H and O–H groups in total. The Morgan fingerprint density at radius 1 is 1.04 bits per heavy atom. The van der Waals surface area contributed by atoms with E-state index in [0.29, 0.717) is 21.5 Å². The van der Waals surface area contributed by atoms with Crippen molar-refractivity contribution in [2.45, 2.75) is 32.5 Å². The molecular weight excluding hydrogens is 377 g/mol. The van der Waals surface area contributed by atoms with Crippen molar-refractivity contribution < 1.29 is 19.1 Å². The summed E-state index contributed by atoms with van der Waals surface area (Å²) in [5.74, 6) is -0.670. The van der Waals surface area contributed by atoms with Crippen molar-refractivity contribution >= 4 is 40.8 Å².